The molecule has 0 saturated carbocycles. The van der Waals surface area contributed by atoms with Gasteiger partial charge in [-0.1, -0.05) is 12.1 Å². The molecule has 10 nitrogen and oxygen atoms in total. The van der Waals surface area contributed by atoms with E-state index < -0.39 is 18.5 Å². The largest absolute Gasteiger partial charge is 0.351 e. The van der Waals surface area contributed by atoms with Gasteiger partial charge in [0.25, 0.3) is 0 Å². The van der Waals surface area contributed by atoms with Crippen molar-refractivity contribution < 1.29 is 9.87 Å². The zero-order valence-electron chi connectivity index (χ0n) is 24.2. The van der Waals surface area contributed by atoms with Crippen molar-refractivity contribution in [1.29, 1.82) is 0 Å². The van der Waals surface area contributed by atoms with E-state index in [2.05, 4.69) is 25.1 Å². The lowest BCUT2D eigenvalue weighted by Gasteiger charge is -2.35. The summed E-state index contributed by atoms with van der Waals surface area (Å²) in [5, 5.41) is 8.50. The Balaban J connectivity index is 1.30. The van der Waals surface area contributed by atoms with Gasteiger partial charge in [0, 0.05) is 74.6 Å². The number of benzene rings is 1. The van der Waals surface area contributed by atoms with Crippen molar-refractivity contribution in [2.24, 2.45) is 12.8 Å². The van der Waals surface area contributed by atoms with Gasteiger partial charge in [-0.2, -0.15) is 10.2 Å². The Labute approximate surface area is 218 Å². The molecule has 188 valence electrons. The molecule has 2 N–H and O–H groups in total. The van der Waals surface area contributed by atoms with E-state index in [1.807, 2.05) is 25.5 Å². The number of halogens is 1. The van der Waals surface area contributed by atoms with Crippen LogP contribution in [0, 0.1) is 5.82 Å². The normalized spacial score (nSPS) is 20.1. The molecular formula is C26H27FN10. The molecule has 1 atom stereocenters. The van der Waals surface area contributed by atoms with E-state index in [0.29, 0.717) is 22.5 Å². The van der Waals surface area contributed by atoms with Crippen LogP contribution in [0.15, 0.2) is 67.6 Å². The SMILES string of the molecule is [2H]C1([2H])CN(c2ncnn3cc(-c4cnn(C)c4)cc23)CC([2H])([2H])N1c1ncc([C@](C)(N)c2ccc(F)cc2)cn1. The van der Waals surface area contributed by atoms with E-state index >= 15 is 0 Å². The Morgan fingerprint density at radius 2 is 1.65 bits per heavy atom. The van der Waals surface area contributed by atoms with E-state index in [4.69, 9.17) is 11.2 Å². The molecule has 0 aliphatic carbocycles. The van der Waals surface area contributed by atoms with Gasteiger partial charge in [0.15, 0.2) is 5.82 Å². The van der Waals surface area contributed by atoms with Gasteiger partial charge in [-0.3, -0.25) is 4.68 Å². The van der Waals surface area contributed by atoms with Gasteiger partial charge in [-0.25, -0.2) is 23.9 Å². The number of hydrogen-bond donors (Lipinski definition) is 1. The molecule has 0 spiro atoms. The fraction of sp³-hybridized carbons (Fsp3) is 0.269. The molecule has 1 aliphatic rings. The third-order valence-corrected chi connectivity index (χ3v) is 6.44. The molecule has 0 bridgehead atoms. The van der Waals surface area contributed by atoms with Crippen molar-refractivity contribution in [3.05, 3.63) is 84.6 Å². The molecule has 0 radical (unpaired) electrons. The van der Waals surface area contributed by atoms with Gasteiger partial charge in [0.2, 0.25) is 5.95 Å². The van der Waals surface area contributed by atoms with Crippen molar-refractivity contribution in [1.82, 2.24) is 34.3 Å². The minimum atomic E-state index is -2.22. The van der Waals surface area contributed by atoms with E-state index in [-0.39, 0.29) is 24.9 Å². The second-order valence-corrected chi connectivity index (χ2v) is 9.03. The zero-order valence-corrected chi connectivity index (χ0v) is 20.2. The Morgan fingerprint density at radius 1 is 0.919 bits per heavy atom. The number of piperazine rings is 1. The van der Waals surface area contributed by atoms with Gasteiger partial charge in [-0.15, -0.1) is 0 Å². The highest BCUT2D eigenvalue weighted by molar-refractivity contribution is 5.77. The second kappa shape index (κ2) is 8.93. The van der Waals surface area contributed by atoms with E-state index in [1.165, 1.54) is 30.9 Å². The maximum Gasteiger partial charge on any atom is 0.225 e. The average molecular weight is 503 g/mol. The molecule has 1 aliphatic heterocycles. The van der Waals surface area contributed by atoms with Crippen molar-refractivity contribution in [3.8, 4) is 11.1 Å². The quantitative estimate of drug-likeness (QED) is 0.391. The molecule has 5 aromatic rings. The Kier molecular flexibility index (Phi) is 4.54. The standard InChI is InChI=1S/C26H27FN10/c1-26(28,20-3-5-22(27)6-4-20)21-13-29-25(30-14-21)36-9-7-35(8-10-36)24-23-11-18(16-37(23)33-17-31-24)19-12-32-34(2)15-19/h3-6,11-17H,7-10,28H2,1-2H3/t26-/m1/s1/i9D2,10D2. The number of nitrogens with two attached hydrogens (primary N) is 1. The fourth-order valence-corrected chi connectivity index (χ4v) is 4.27. The van der Waals surface area contributed by atoms with Crippen molar-refractivity contribution in [2.45, 2.75) is 12.5 Å². The van der Waals surface area contributed by atoms with Gasteiger partial charge in [0.05, 0.1) is 17.2 Å². The minimum absolute atomic E-state index is 0.118. The van der Waals surface area contributed by atoms with Crippen molar-refractivity contribution >= 4 is 17.3 Å². The first-order valence-electron chi connectivity index (χ1n) is 13.6. The summed E-state index contributed by atoms with van der Waals surface area (Å²) < 4.78 is 52.1. The summed E-state index contributed by atoms with van der Waals surface area (Å²) in [6, 6.07) is 7.66. The number of anilines is 2. The second-order valence-electron chi connectivity index (χ2n) is 9.03. The van der Waals surface area contributed by atoms with Crippen LogP contribution in [0.3, 0.4) is 0 Å². The van der Waals surface area contributed by atoms with Crippen LogP contribution in [0.4, 0.5) is 16.2 Å². The lowest BCUT2D eigenvalue weighted by atomic mass is 9.87. The van der Waals surface area contributed by atoms with Crippen LogP contribution >= 0.6 is 0 Å². The monoisotopic (exact) mass is 502 g/mol. The zero-order chi connectivity index (χ0) is 29.2. The van der Waals surface area contributed by atoms with Gasteiger partial charge in [-0.05, 0) is 30.7 Å². The highest BCUT2D eigenvalue weighted by Crippen LogP contribution is 2.29. The molecule has 0 unspecified atom stereocenters. The number of aromatic nitrogens is 7. The molecule has 11 heteroatoms. The van der Waals surface area contributed by atoms with Crippen molar-refractivity contribution in [2.75, 3.05) is 35.9 Å². The molecular weight excluding hydrogens is 471 g/mol. The number of fused-ring (bicyclic) bond motifs is 1. The maximum atomic E-state index is 13.4. The van der Waals surface area contributed by atoms with Crippen molar-refractivity contribution in [3.63, 3.8) is 0 Å². The Hall–Kier alpha value is -4.38. The Morgan fingerprint density at radius 3 is 2.32 bits per heavy atom. The first kappa shape index (κ1) is 18.8. The average Bonchev–Trinajstić information content (AvgIpc) is 3.54. The topological polar surface area (TPSA) is 106 Å². The first-order valence-corrected chi connectivity index (χ1v) is 11.6. The fourth-order valence-electron chi connectivity index (χ4n) is 4.27. The predicted octanol–water partition coefficient (Wildman–Crippen LogP) is 2.61. The summed E-state index contributed by atoms with van der Waals surface area (Å²) in [7, 11) is 1.83. The van der Waals surface area contributed by atoms with E-state index in [1.54, 1.807) is 39.4 Å². The third kappa shape index (κ3) is 4.27. The molecule has 1 fully saturated rings. The molecule has 4 aromatic heterocycles. The number of aryl methyl sites for hydroxylation is 1. The van der Waals surface area contributed by atoms with Crippen LogP contribution < -0.4 is 15.5 Å². The third-order valence-electron chi connectivity index (χ3n) is 6.44. The van der Waals surface area contributed by atoms with Crippen LogP contribution in [0.5, 0.6) is 0 Å². The van der Waals surface area contributed by atoms with Crippen LogP contribution in [0.1, 0.15) is 23.5 Å². The summed E-state index contributed by atoms with van der Waals surface area (Å²) in [6.45, 7) is -3.11. The number of rotatable bonds is 5. The van der Waals surface area contributed by atoms with Crippen LogP contribution in [0.25, 0.3) is 16.6 Å². The van der Waals surface area contributed by atoms with Gasteiger partial charge in [0.1, 0.15) is 17.7 Å². The van der Waals surface area contributed by atoms with Crippen LogP contribution in [-0.4, -0.2) is 60.4 Å². The Bertz CT molecular complexity index is 1700. The summed E-state index contributed by atoms with van der Waals surface area (Å²) in [6.07, 6.45) is 9.67. The molecule has 6 rings (SSSR count). The van der Waals surface area contributed by atoms with E-state index in [9.17, 15) is 4.39 Å². The minimum Gasteiger partial charge on any atom is -0.351 e. The molecule has 37 heavy (non-hydrogen) atoms. The summed E-state index contributed by atoms with van der Waals surface area (Å²) in [5.41, 5.74) is 8.97. The highest BCUT2D eigenvalue weighted by atomic mass is 19.1. The molecule has 5 heterocycles. The molecule has 1 saturated heterocycles. The number of nitrogens with zero attached hydrogens (tertiary/aromatic N) is 9. The number of hydrogen-bond acceptors (Lipinski definition) is 8. The smallest absolute Gasteiger partial charge is 0.225 e. The van der Waals surface area contributed by atoms with E-state index in [0.717, 1.165) is 16.0 Å². The summed E-state index contributed by atoms with van der Waals surface area (Å²) in [4.78, 5) is 15.5. The van der Waals surface area contributed by atoms with Crippen LogP contribution in [0.2, 0.25) is 0 Å². The van der Waals surface area contributed by atoms with Gasteiger partial charge < -0.3 is 15.5 Å². The molecule has 0 amide bonds. The van der Waals surface area contributed by atoms with Crippen LogP contribution in [-0.2, 0) is 12.6 Å². The summed E-state index contributed by atoms with van der Waals surface area (Å²) in [5.74, 6) is -0.0990. The first-order chi connectivity index (χ1) is 19.3. The lowest BCUT2D eigenvalue weighted by molar-refractivity contribution is 0.585. The predicted molar refractivity (Wildman–Crippen MR) is 139 cm³/mol. The van der Waals surface area contributed by atoms with Gasteiger partial charge >= 0.3 is 0 Å². The maximum absolute atomic E-state index is 13.4. The summed E-state index contributed by atoms with van der Waals surface area (Å²) >= 11 is 0. The highest BCUT2D eigenvalue weighted by Gasteiger charge is 2.26. The molecule has 1 aromatic carbocycles. The lowest BCUT2D eigenvalue weighted by Crippen LogP contribution is -2.47.